The maximum Gasteiger partial charge on any atom is 0.143 e. The Kier molecular flexibility index (Phi) is 10.0. The first-order valence-electron chi connectivity index (χ1n) is 20.3. The lowest BCUT2D eigenvalue weighted by molar-refractivity contribution is 0.590. The Bertz CT molecular complexity index is 2660. The first-order valence-corrected chi connectivity index (χ1v) is 20.7. The van der Waals surface area contributed by atoms with Crippen LogP contribution in [0.3, 0.4) is 0 Å². The van der Waals surface area contributed by atoms with Crippen LogP contribution in [0.25, 0.3) is 33.1 Å². The van der Waals surface area contributed by atoms with Crippen molar-refractivity contribution in [3.8, 4) is 11.1 Å². The summed E-state index contributed by atoms with van der Waals surface area (Å²) in [6.07, 6.45) is 0. The van der Waals surface area contributed by atoms with Gasteiger partial charge in [-0.05, 0) is 93.6 Å². The number of halogens is 1. The van der Waals surface area contributed by atoms with E-state index in [4.69, 9.17) is 16.0 Å². The van der Waals surface area contributed by atoms with Gasteiger partial charge in [-0.1, -0.05) is 171 Å². The second kappa shape index (κ2) is 14.9. The molecular formula is C54H53ClN2O. The molecule has 3 nitrogen and oxygen atoms in total. The molecule has 0 saturated carbocycles. The third-order valence-electron chi connectivity index (χ3n) is 11.3. The molecule has 0 atom stereocenters. The fourth-order valence-electron chi connectivity index (χ4n) is 7.88. The van der Waals surface area contributed by atoms with Gasteiger partial charge in [0.25, 0.3) is 0 Å². The summed E-state index contributed by atoms with van der Waals surface area (Å²) >= 11 is 7.85. The van der Waals surface area contributed by atoms with E-state index in [0.717, 1.165) is 67.2 Å². The molecule has 0 spiro atoms. The second-order valence-corrected chi connectivity index (χ2v) is 18.8. The Labute approximate surface area is 349 Å². The first-order chi connectivity index (χ1) is 27.6. The van der Waals surface area contributed by atoms with E-state index in [1.54, 1.807) is 0 Å². The fourth-order valence-corrected chi connectivity index (χ4v) is 8.17. The monoisotopic (exact) mass is 780 g/mol. The number of nitrogens with zero attached hydrogens (tertiary/aromatic N) is 2. The Balaban J connectivity index is 1.35. The van der Waals surface area contributed by atoms with Gasteiger partial charge in [0, 0.05) is 39.0 Å². The van der Waals surface area contributed by atoms with E-state index in [0.29, 0.717) is 5.02 Å². The Hall–Kier alpha value is -5.77. The minimum atomic E-state index is 0.00133. The Morgan fingerprint density at radius 1 is 0.379 bits per heavy atom. The lowest BCUT2D eigenvalue weighted by Gasteiger charge is -2.32. The summed E-state index contributed by atoms with van der Waals surface area (Å²) in [6.45, 7) is 20.3. The van der Waals surface area contributed by atoms with Crippen LogP contribution in [0.1, 0.15) is 79.0 Å². The normalized spacial score (nSPS) is 12.3. The summed E-state index contributed by atoms with van der Waals surface area (Å²) < 4.78 is 6.62. The molecule has 0 bridgehead atoms. The van der Waals surface area contributed by atoms with Gasteiger partial charge in [0.1, 0.15) is 11.2 Å². The lowest BCUT2D eigenvalue weighted by Crippen LogP contribution is -2.16. The standard InChI is InChI=1S/C54H53ClN2O/c1-52(2,3)36-24-30-39(31-25-36)56(40-32-26-37(27-33-40)53(4,5)6)47-21-15-22-48(50(47)55)57(41-34-28-38(29-35-41)54(7,8)9)46-20-12-10-16-42(46)44-18-14-19-45-43-17-11-13-23-49(43)58-51(44)45/h10-35H,1-9H3. The molecule has 1 aromatic heterocycles. The summed E-state index contributed by atoms with van der Waals surface area (Å²) in [5.41, 5.74) is 13.5. The number of anilines is 6. The molecule has 0 fully saturated rings. The zero-order valence-electron chi connectivity index (χ0n) is 35.2. The summed E-state index contributed by atoms with van der Waals surface area (Å²) in [4.78, 5) is 4.59. The molecule has 8 aromatic rings. The summed E-state index contributed by atoms with van der Waals surface area (Å²) in [6, 6.07) is 56.4. The highest BCUT2D eigenvalue weighted by Crippen LogP contribution is 2.50. The molecule has 8 rings (SSSR count). The fraction of sp³-hybridized carbons (Fsp3) is 0.222. The molecule has 0 amide bonds. The van der Waals surface area contributed by atoms with Crippen LogP contribution < -0.4 is 9.80 Å². The van der Waals surface area contributed by atoms with Crippen LogP contribution in [0, 0.1) is 0 Å². The highest BCUT2D eigenvalue weighted by molar-refractivity contribution is 6.36. The van der Waals surface area contributed by atoms with Gasteiger partial charge in [0.2, 0.25) is 0 Å². The highest BCUT2D eigenvalue weighted by atomic mass is 35.5. The minimum absolute atomic E-state index is 0.00133. The number of hydrogen-bond acceptors (Lipinski definition) is 3. The molecule has 4 heteroatoms. The quantitative estimate of drug-likeness (QED) is 0.161. The van der Waals surface area contributed by atoms with Crippen LogP contribution in [0.2, 0.25) is 5.02 Å². The predicted molar refractivity (Wildman–Crippen MR) is 250 cm³/mol. The molecule has 0 saturated heterocycles. The number of furan rings is 1. The first kappa shape index (κ1) is 39.1. The van der Waals surface area contributed by atoms with Gasteiger partial charge in [-0.15, -0.1) is 0 Å². The molecule has 292 valence electrons. The van der Waals surface area contributed by atoms with Crippen molar-refractivity contribution in [1.29, 1.82) is 0 Å². The van der Waals surface area contributed by atoms with Gasteiger partial charge in [0.05, 0.1) is 22.1 Å². The molecule has 58 heavy (non-hydrogen) atoms. The Morgan fingerprint density at radius 3 is 1.31 bits per heavy atom. The molecule has 0 aliphatic carbocycles. The average molecular weight is 781 g/mol. The molecular weight excluding hydrogens is 728 g/mol. The van der Waals surface area contributed by atoms with Gasteiger partial charge in [0.15, 0.2) is 0 Å². The molecule has 0 aliphatic heterocycles. The van der Waals surface area contributed by atoms with Crippen molar-refractivity contribution in [2.45, 2.75) is 78.6 Å². The van der Waals surface area contributed by atoms with Crippen LogP contribution in [-0.2, 0) is 16.2 Å². The zero-order valence-corrected chi connectivity index (χ0v) is 35.9. The van der Waals surface area contributed by atoms with E-state index in [9.17, 15) is 0 Å². The molecule has 7 aromatic carbocycles. The van der Waals surface area contributed by atoms with Crippen LogP contribution in [0.4, 0.5) is 34.1 Å². The van der Waals surface area contributed by atoms with Crippen molar-refractivity contribution in [3.63, 3.8) is 0 Å². The number of benzene rings is 7. The van der Waals surface area contributed by atoms with Crippen molar-refractivity contribution in [3.05, 3.63) is 179 Å². The van der Waals surface area contributed by atoms with E-state index in [1.807, 2.05) is 12.1 Å². The van der Waals surface area contributed by atoms with Crippen molar-refractivity contribution < 1.29 is 4.42 Å². The van der Waals surface area contributed by atoms with Gasteiger partial charge in [-0.2, -0.15) is 0 Å². The summed E-state index contributed by atoms with van der Waals surface area (Å²) in [5, 5.41) is 2.84. The van der Waals surface area contributed by atoms with Crippen LogP contribution >= 0.6 is 11.6 Å². The van der Waals surface area contributed by atoms with Crippen molar-refractivity contribution in [2.24, 2.45) is 0 Å². The van der Waals surface area contributed by atoms with Crippen LogP contribution in [0.5, 0.6) is 0 Å². The summed E-state index contributed by atoms with van der Waals surface area (Å²) in [7, 11) is 0. The second-order valence-electron chi connectivity index (χ2n) is 18.5. The van der Waals surface area contributed by atoms with Gasteiger partial charge in [-0.3, -0.25) is 0 Å². The van der Waals surface area contributed by atoms with E-state index >= 15 is 0 Å². The summed E-state index contributed by atoms with van der Waals surface area (Å²) in [5.74, 6) is 0. The highest BCUT2D eigenvalue weighted by Gasteiger charge is 2.26. The van der Waals surface area contributed by atoms with E-state index < -0.39 is 0 Å². The maximum absolute atomic E-state index is 7.85. The molecule has 0 N–H and O–H groups in total. The molecule has 0 unspecified atom stereocenters. The minimum Gasteiger partial charge on any atom is -0.455 e. The van der Waals surface area contributed by atoms with Crippen LogP contribution in [-0.4, -0.2) is 0 Å². The van der Waals surface area contributed by atoms with Crippen molar-refractivity contribution >= 4 is 67.7 Å². The largest absolute Gasteiger partial charge is 0.455 e. The van der Waals surface area contributed by atoms with Crippen LogP contribution in [0.15, 0.2) is 162 Å². The SMILES string of the molecule is CC(C)(C)c1ccc(N(c2ccc(C(C)(C)C)cc2)c2cccc(N(c3ccc(C(C)(C)C)cc3)c3ccccc3-c3cccc4c3oc3ccccc34)c2Cl)cc1. The lowest BCUT2D eigenvalue weighted by atomic mass is 9.86. The number of para-hydroxylation sites is 3. The van der Waals surface area contributed by atoms with E-state index in [1.165, 1.54) is 16.7 Å². The third-order valence-corrected chi connectivity index (χ3v) is 11.6. The third kappa shape index (κ3) is 7.40. The number of rotatable bonds is 7. The number of hydrogen-bond donors (Lipinski definition) is 0. The molecule has 0 radical (unpaired) electrons. The maximum atomic E-state index is 7.85. The smallest absolute Gasteiger partial charge is 0.143 e. The van der Waals surface area contributed by atoms with Gasteiger partial charge < -0.3 is 14.2 Å². The zero-order chi connectivity index (χ0) is 41.0. The van der Waals surface area contributed by atoms with E-state index in [-0.39, 0.29) is 16.2 Å². The Morgan fingerprint density at radius 2 is 0.776 bits per heavy atom. The van der Waals surface area contributed by atoms with Gasteiger partial charge >= 0.3 is 0 Å². The van der Waals surface area contributed by atoms with Crippen molar-refractivity contribution in [2.75, 3.05) is 9.80 Å². The average Bonchev–Trinajstić information content (AvgIpc) is 3.58. The van der Waals surface area contributed by atoms with Gasteiger partial charge in [-0.25, -0.2) is 0 Å². The molecule has 0 aliphatic rings. The van der Waals surface area contributed by atoms with E-state index in [2.05, 4.69) is 218 Å². The van der Waals surface area contributed by atoms with Crippen molar-refractivity contribution in [1.82, 2.24) is 0 Å². The topological polar surface area (TPSA) is 19.6 Å². The predicted octanol–water partition coefficient (Wildman–Crippen LogP) is 16.7. The molecule has 1 heterocycles. The number of fused-ring (bicyclic) bond motifs is 3.